The molecular formula is C64H117NiO10P3. The minimum absolute atomic E-state index is 0. The van der Waals surface area contributed by atoms with E-state index in [1.165, 1.54) is 173 Å². The van der Waals surface area contributed by atoms with E-state index in [1.807, 2.05) is 0 Å². The maximum atomic E-state index is 7.50. The van der Waals surface area contributed by atoms with E-state index < -0.39 is 25.8 Å². The average Bonchev–Trinajstić information content (AvgIpc) is 3.39. The molecule has 9 aliphatic carbocycles. The van der Waals surface area contributed by atoms with E-state index in [0.717, 1.165) is 116 Å². The Balaban J connectivity index is 0.000000211. The second-order valence-electron chi connectivity index (χ2n) is 28.6. The molecule has 14 heteroatoms. The molecule has 78 heavy (non-hydrogen) atoms. The molecule has 0 spiro atoms. The molecule has 2 radical (unpaired) electrons. The van der Waals surface area contributed by atoms with Gasteiger partial charge in [0.15, 0.2) is 0 Å². The third-order valence-electron chi connectivity index (χ3n) is 19.9. The Morgan fingerprint density at radius 3 is 0.346 bits per heavy atom. The van der Waals surface area contributed by atoms with Crippen molar-refractivity contribution in [3.8, 4) is 0 Å². The number of carbonyl (C=O) groups excluding carboxylic acids is 1. The number of hydrogen-bond acceptors (Lipinski definition) is 10. The van der Waals surface area contributed by atoms with Gasteiger partial charge in [0.1, 0.15) is 0 Å². The zero-order valence-electron chi connectivity index (χ0n) is 51.6. The van der Waals surface area contributed by atoms with Crippen molar-refractivity contribution in [3.63, 3.8) is 0 Å². The molecule has 9 aliphatic rings. The molecule has 0 amide bonds. The fraction of sp³-hybridized carbons (Fsp3) is 0.984. The maximum Gasteiger partial charge on any atom is 0.334 e. The predicted molar refractivity (Wildman–Crippen MR) is 320 cm³/mol. The molecule has 458 valence electrons. The van der Waals surface area contributed by atoms with Crippen molar-refractivity contribution in [1.29, 1.82) is 0 Å². The van der Waals surface area contributed by atoms with Crippen LogP contribution < -0.4 is 0 Å². The summed E-state index contributed by atoms with van der Waals surface area (Å²) in [5.41, 5.74) is -0.500. The van der Waals surface area contributed by atoms with Crippen LogP contribution in [0.25, 0.3) is 0 Å². The average molecular weight is 1200 g/mol. The molecular weight excluding hydrogens is 1080 g/mol. The molecule has 9 fully saturated rings. The molecule has 9 saturated carbocycles. The first-order valence-corrected chi connectivity index (χ1v) is 35.8. The molecule has 0 aromatic heterocycles. The van der Waals surface area contributed by atoms with Gasteiger partial charge in [-0.05, 0) is 178 Å². The fourth-order valence-corrected chi connectivity index (χ4v) is 19.5. The van der Waals surface area contributed by atoms with Crippen LogP contribution in [-0.2, 0) is 62.0 Å². The van der Waals surface area contributed by atoms with Crippen LogP contribution in [0.2, 0.25) is 0 Å². The summed E-state index contributed by atoms with van der Waals surface area (Å²) >= 11 is 0. The van der Waals surface area contributed by atoms with Crippen molar-refractivity contribution >= 4 is 32.6 Å². The first-order chi connectivity index (χ1) is 36.7. The Labute approximate surface area is 493 Å². The van der Waals surface area contributed by atoms with Crippen molar-refractivity contribution in [2.45, 2.75) is 402 Å². The topological polar surface area (TPSA) is 100 Å². The van der Waals surface area contributed by atoms with Crippen LogP contribution in [0, 0.1) is 0 Å². The first kappa shape index (κ1) is 69.9. The second-order valence-corrected chi connectivity index (χ2v) is 31.6. The summed E-state index contributed by atoms with van der Waals surface area (Å²) in [6.07, 6.45) is 55.6. The van der Waals surface area contributed by atoms with Gasteiger partial charge in [0.25, 0.3) is 6.79 Å². The molecule has 0 aliphatic heterocycles. The summed E-state index contributed by atoms with van der Waals surface area (Å²) in [4.78, 5) is 7.50. The Hall–Kier alpha value is 1.09. The zero-order valence-corrected chi connectivity index (χ0v) is 55.2. The monoisotopic (exact) mass is 1200 g/mol. The number of rotatable bonds is 18. The van der Waals surface area contributed by atoms with Crippen LogP contribution >= 0.6 is 25.8 Å². The molecule has 0 bridgehead atoms. The molecule has 0 N–H and O–H groups in total. The van der Waals surface area contributed by atoms with Gasteiger partial charge in [-0.15, -0.1) is 0 Å². The van der Waals surface area contributed by atoms with Gasteiger partial charge in [-0.3, -0.25) is 4.79 Å². The van der Waals surface area contributed by atoms with Gasteiger partial charge in [-0.25, -0.2) is 0 Å². The minimum atomic E-state index is -1.28. The third-order valence-corrected chi connectivity index (χ3v) is 25.2. The van der Waals surface area contributed by atoms with Crippen LogP contribution in [0.1, 0.15) is 351 Å². The predicted octanol–water partition coefficient (Wildman–Crippen LogP) is 21.9. The molecule has 9 rings (SSSR count). The van der Waals surface area contributed by atoms with Crippen molar-refractivity contribution < 1.29 is 62.0 Å². The van der Waals surface area contributed by atoms with Gasteiger partial charge >= 0.3 is 25.8 Å². The first-order valence-electron chi connectivity index (χ1n) is 32.5. The Morgan fingerprint density at radius 2 is 0.269 bits per heavy atom. The van der Waals surface area contributed by atoms with E-state index in [9.17, 15) is 0 Å². The summed E-state index contributed by atoms with van der Waals surface area (Å²) in [5, 5.41) is 0. The molecule has 0 unspecified atom stereocenters. The smallest absolute Gasteiger partial charge is 0.306 e. The van der Waals surface area contributed by atoms with Crippen LogP contribution in [0.5, 0.6) is 0 Å². The number of hydrogen-bond donors (Lipinski definition) is 0. The van der Waals surface area contributed by atoms with Gasteiger partial charge < -0.3 is 40.7 Å². The molecule has 0 aromatic carbocycles. The molecule has 0 atom stereocenters. The van der Waals surface area contributed by atoms with Crippen LogP contribution in [0.4, 0.5) is 0 Å². The van der Waals surface area contributed by atoms with Crippen molar-refractivity contribution in [1.82, 2.24) is 0 Å². The standard InChI is InChI=1S/3C21H39O3P.CO.Ni/c3*1-19(13-7-4-8-14-19)22-25(23-20(2)15-9-5-10-16-20)24-21(3)17-11-6-12-18-21;1-2;/h3*4-18H2,1-3H3;;. The largest absolute Gasteiger partial charge is 0.334 e. The van der Waals surface area contributed by atoms with Gasteiger partial charge in [-0.1, -0.05) is 173 Å². The summed E-state index contributed by atoms with van der Waals surface area (Å²) in [6, 6.07) is 0. The SMILES string of the molecule is CC1(OP(OC2(C)CCCCC2)OC2(C)CCCCC2)CCCCC1.CC1(OP(OC2(C)CCCCC2)OC2(C)CCCCC2)CCCCC1.CC1(OP(OC2(C)CCCCC2)OC2(C)CCCCC2)CCCCC1.[C]=O.[Ni]. The molecule has 0 aromatic rings. The van der Waals surface area contributed by atoms with E-state index in [2.05, 4.69) is 69.1 Å². The van der Waals surface area contributed by atoms with Gasteiger partial charge in [0, 0.05) is 16.5 Å². The van der Waals surface area contributed by atoms with E-state index in [-0.39, 0.29) is 66.9 Å². The molecule has 10 nitrogen and oxygen atoms in total. The third kappa shape index (κ3) is 24.1. The molecule has 0 saturated heterocycles. The Kier molecular flexibility index (Phi) is 29.8. The van der Waals surface area contributed by atoms with E-state index in [1.54, 1.807) is 0 Å². The second kappa shape index (κ2) is 33.3. The van der Waals surface area contributed by atoms with Crippen LogP contribution in [0.15, 0.2) is 0 Å². The van der Waals surface area contributed by atoms with E-state index in [0.29, 0.717) is 0 Å². The summed E-state index contributed by atoms with van der Waals surface area (Å²) in [6.45, 7) is 25.0. The summed E-state index contributed by atoms with van der Waals surface area (Å²) in [5.74, 6) is 0. The van der Waals surface area contributed by atoms with Crippen molar-refractivity contribution in [3.05, 3.63) is 0 Å². The van der Waals surface area contributed by atoms with E-state index >= 15 is 0 Å². The Morgan fingerprint density at radius 1 is 0.192 bits per heavy atom. The normalized spacial score (nSPS) is 27.7. The van der Waals surface area contributed by atoms with Gasteiger partial charge in [-0.2, -0.15) is 0 Å². The maximum absolute atomic E-state index is 7.50. The van der Waals surface area contributed by atoms with Crippen molar-refractivity contribution in [2.75, 3.05) is 0 Å². The van der Waals surface area contributed by atoms with E-state index in [4.69, 9.17) is 45.5 Å². The fourth-order valence-electron chi connectivity index (χ4n) is 14.3. The van der Waals surface area contributed by atoms with Crippen LogP contribution in [-0.4, -0.2) is 57.2 Å². The quantitative estimate of drug-likeness (QED) is 0.0974. The zero-order chi connectivity index (χ0) is 55.4. The molecule has 0 heterocycles. The van der Waals surface area contributed by atoms with Gasteiger partial charge in [0.2, 0.25) is 0 Å². The summed E-state index contributed by atoms with van der Waals surface area (Å²) in [7, 11) is -3.83. The summed E-state index contributed by atoms with van der Waals surface area (Å²) < 4.78 is 59.7. The van der Waals surface area contributed by atoms with Crippen LogP contribution in [0.3, 0.4) is 0 Å². The minimum Gasteiger partial charge on any atom is -0.306 e. The Bertz CT molecular complexity index is 1250. The van der Waals surface area contributed by atoms with Crippen molar-refractivity contribution in [2.24, 2.45) is 0 Å². The van der Waals surface area contributed by atoms with Gasteiger partial charge in [0.05, 0.1) is 50.4 Å².